The zero-order valence-electron chi connectivity index (χ0n) is 74.2. The molecule has 2 aromatic heterocycles. The van der Waals surface area contributed by atoms with Gasteiger partial charge in [0.05, 0.1) is 22.7 Å². The maximum atomic E-state index is 18.9. The van der Waals surface area contributed by atoms with Gasteiger partial charge in [0.25, 0.3) is 20.1 Å². The second-order valence-electron chi connectivity index (χ2n) is 35.4. The zero-order chi connectivity index (χ0) is 100. The van der Waals surface area contributed by atoms with Crippen molar-refractivity contribution in [2.45, 2.75) is 0 Å². The van der Waals surface area contributed by atoms with Crippen molar-refractivity contribution in [3.8, 4) is 11.5 Å². The normalized spacial score (nSPS) is 13.2. The van der Waals surface area contributed by atoms with Crippen LogP contribution in [-0.4, -0.2) is 20.1 Å². The fraction of sp³-hybridized carbons (Fsp3) is 0. The van der Waals surface area contributed by atoms with E-state index in [1.807, 2.05) is 0 Å². The van der Waals surface area contributed by atoms with Crippen molar-refractivity contribution in [1.29, 1.82) is 0 Å². The van der Waals surface area contributed by atoms with Crippen LogP contribution in [0.5, 0.6) is 11.5 Å². The number of para-hydroxylation sites is 11. The molecule has 0 radical (unpaired) electrons. The Morgan fingerprint density at radius 3 is 0.836 bits per heavy atom. The minimum Gasteiger partial charge on any atom is -0.457 e. The lowest BCUT2D eigenvalue weighted by Crippen LogP contribution is -2.66. The summed E-state index contributed by atoms with van der Waals surface area (Å²) in [4.78, 5) is 7.98. The molecule has 0 spiro atoms. The number of thiophene rings is 2. The molecule has 0 saturated heterocycles. The molecule has 6 aliphatic heterocycles. The molecule has 6 aliphatic rings. The Labute approximate surface area is 823 Å². The molecule has 34 heteroatoms. The lowest BCUT2D eigenvalue weighted by atomic mass is 9.30. The lowest BCUT2D eigenvalue weighted by Gasteiger charge is -2.48. The Morgan fingerprint density at radius 2 is 0.479 bits per heavy atom. The summed E-state index contributed by atoms with van der Waals surface area (Å²) in [5, 5.41) is -0.00605. The van der Waals surface area contributed by atoms with Crippen molar-refractivity contribution in [2.75, 3.05) is 39.2 Å². The first kappa shape index (κ1) is 89.0. The van der Waals surface area contributed by atoms with Gasteiger partial charge in [-0.2, -0.15) is 0 Å². The highest BCUT2D eigenvalue weighted by Gasteiger charge is 2.55. The van der Waals surface area contributed by atoms with Crippen molar-refractivity contribution in [2.24, 2.45) is 0 Å². The molecule has 0 unspecified atom stereocenters. The first-order valence-electron chi connectivity index (χ1n) is 45.2. The number of fused-ring (bicyclic) bond motifs is 16. The van der Waals surface area contributed by atoms with Gasteiger partial charge in [0.15, 0.2) is 0 Å². The molecule has 0 atom stereocenters. The number of anilines is 24. The second kappa shape index (κ2) is 33.2. The average Bonchev–Trinajstić information content (AvgIpc) is 0.972. The summed E-state index contributed by atoms with van der Waals surface area (Å²) in [7, 11) is 0. The first-order chi connectivity index (χ1) is 70.7. The molecule has 0 N–H and O–H groups in total. The van der Waals surface area contributed by atoms with Crippen LogP contribution in [0.4, 0.5) is 224 Å². The van der Waals surface area contributed by atoms with E-state index in [0.717, 1.165) is 259 Å². The third-order valence-electron chi connectivity index (χ3n) is 27.5. The van der Waals surface area contributed by atoms with Crippen LogP contribution < -0.4 is 91.7 Å². The average molecular weight is 2000 g/mol. The molecule has 0 fully saturated rings. The fourth-order valence-corrected chi connectivity index (χ4v) is 24.4. The van der Waals surface area contributed by atoms with E-state index in [1.54, 1.807) is 65.6 Å². The highest BCUT2D eigenvalue weighted by Crippen LogP contribution is 2.59. The summed E-state index contributed by atoms with van der Waals surface area (Å²) in [6.07, 6.45) is 0. The van der Waals surface area contributed by atoms with Crippen LogP contribution in [0, 0.1) is 116 Å². The SMILES string of the molecule is Fc1ccc2sc3c(c2c1)Oc1cc(N(c2c(F)cccc2F)c2c(F)cccc2F)cc2c1B3c1cc3c(cc1N2c1c(F)cccc1F)N(c1c(F)cccc1F)c1cc(N(c2ccccc2)c2ccccc2)cc2c1B3c1cc3c(cc1N2c1c(F)cccc1F)N(c1c(F)cccc1F)c1cc(N(c2c(F)cccc2F)c2c(F)cccc2F)cc2c1B3c1sc3ccc(F)cc3c1N2c1c(F)cccc1F. The number of halogens is 20. The van der Waals surface area contributed by atoms with Gasteiger partial charge < -0.3 is 34.1 Å². The van der Waals surface area contributed by atoms with Crippen LogP contribution in [0.25, 0.3) is 20.2 Å². The molecule has 0 bridgehead atoms. The predicted molar refractivity (Wildman–Crippen MR) is 534 cm³/mol. The van der Waals surface area contributed by atoms with Crippen LogP contribution in [0.2, 0.25) is 0 Å². The molecule has 0 aliphatic carbocycles. The van der Waals surface area contributed by atoms with Crippen LogP contribution in [0.3, 0.4) is 0 Å². The molecule has 146 heavy (non-hydrogen) atoms. The van der Waals surface area contributed by atoms with E-state index in [0.29, 0.717) is 25.9 Å². The maximum Gasteiger partial charge on any atom is 0.268 e. The highest BCUT2D eigenvalue weighted by molar-refractivity contribution is 7.34. The Hall–Kier alpha value is -17.1. The summed E-state index contributed by atoms with van der Waals surface area (Å²) in [6, 6.07) is 61.5. The Kier molecular flexibility index (Phi) is 20.3. The van der Waals surface area contributed by atoms with Gasteiger partial charge in [-0.05, 0) is 251 Å². The number of benzene rings is 18. The molecule has 18 aromatic carbocycles. The monoisotopic (exact) mass is 2000 g/mol. The summed E-state index contributed by atoms with van der Waals surface area (Å²) >= 11 is 1.94. The molecule has 0 saturated carbocycles. The summed E-state index contributed by atoms with van der Waals surface area (Å²) in [5.74, 6) is -27.1. The van der Waals surface area contributed by atoms with Gasteiger partial charge in [0, 0.05) is 98.4 Å². The van der Waals surface area contributed by atoms with E-state index >= 15 is 87.8 Å². The Morgan fingerprint density at radius 1 is 0.205 bits per heavy atom. The molecule has 9 nitrogen and oxygen atoms in total. The molecule has 0 amide bonds. The van der Waals surface area contributed by atoms with Crippen LogP contribution in [0.1, 0.15) is 0 Å². The quantitative estimate of drug-likeness (QED) is 0.0781. The van der Waals surface area contributed by atoms with Crippen LogP contribution >= 0.6 is 22.7 Å². The minimum absolute atomic E-state index is 0.0151. The van der Waals surface area contributed by atoms with Gasteiger partial charge in [-0.25, -0.2) is 87.8 Å². The third-order valence-corrected chi connectivity index (χ3v) is 29.9. The van der Waals surface area contributed by atoms with Gasteiger partial charge >= 0.3 is 0 Å². The molecule has 708 valence electrons. The van der Waals surface area contributed by atoms with Gasteiger partial charge in [0.1, 0.15) is 179 Å². The minimum atomic E-state index is -1.71. The number of nitrogens with zero attached hydrogens (tertiary/aromatic N) is 8. The topological polar surface area (TPSA) is 35.2 Å². The van der Waals surface area contributed by atoms with E-state index in [9.17, 15) is 0 Å². The smallest absolute Gasteiger partial charge is 0.268 e. The largest absolute Gasteiger partial charge is 0.457 e. The molecular formula is C112H53B3F20N8OS2. The zero-order valence-corrected chi connectivity index (χ0v) is 75.8. The van der Waals surface area contributed by atoms with E-state index in [-0.39, 0.29) is 120 Å². The summed E-state index contributed by atoms with van der Waals surface area (Å²) < 4.78 is 366. The lowest BCUT2D eigenvalue weighted by molar-refractivity contribution is 0.494. The number of rotatable bonds is 14. The van der Waals surface area contributed by atoms with Crippen molar-refractivity contribution in [3.63, 3.8) is 0 Å². The van der Waals surface area contributed by atoms with E-state index < -0.39 is 216 Å². The van der Waals surface area contributed by atoms with Gasteiger partial charge in [-0.15, -0.1) is 22.7 Å². The third kappa shape index (κ3) is 13.2. The van der Waals surface area contributed by atoms with Crippen LogP contribution in [-0.2, 0) is 0 Å². The van der Waals surface area contributed by atoms with E-state index in [1.165, 1.54) is 48.5 Å². The number of hydrogen-bond donors (Lipinski definition) is 0. The number of hydrogen-bond acceptors (Lipinski definition) is 11. The molecule has 26 rings (SSSR count). The van der Waals surface area contributed by atoms with Gasteiger partial charge in [-0.3, -0.25) is 9.80 Å². The molecule has 8 heterocycles. The van der Waals surface area contributed by atoms with Crippen LogP contribution in [0.15, 0.2) is 322 Å². The first-order valence-corrected chi connectivity index (χ1v) is 46.9. The van der Waals surface area contributed by atoms with Crippen molar-refractivity contribution in [3.05, 3.63) is 438 Å². The van der Waals surface area contributed by atoms with Crippen molar-refractivity contribution < 1.29 is 92.5 Å². The summed E-state index contributed by atoms with van der Waals surface area (Å²) in [5.41, 5.74) is -14.1. The molecule has 20 aromatic rings. The second-order valence-corrected chi connectivity index (χ2v) is 37.6. The van der Waals surface area contributed by atoms with Gasteiger partial charge in [0.2, 0.25) is 0 Å². The standard InChI is InChI=1S/C112H53B3F20N8OS2/c116-54-38-40-95-61(42-54)100-111(145-95)114-65-50-63-85(52-87(65)141(107-79(130)32-13-33-80(107)131)91-46-59(47-92(98(91)114)143(100)109-83(134)36-15-37-84(109)135)137(101-67(118)20-7-21-68(101)119)102-69(120)22-8-23-70(102)121)139(105-75(126)28-11-29-76(105)127)89-44-58(136(56-16-3-1-4-17-56)57-18-5-2-6-19-57)45-90-97(89)113(63)64-51-66-88(53-86(64)140(90)106-77(128)30-12-31-78(106)129)142(108-81(132)34-14-35-82(108)133)93-48-60(138(103-71(122)24-9-25-72(103)123)104-73(124)26-10-27-74(104)125)49-94-99(93)115(66)112-110(144-94)62-43-55(117)39-41-96(62)146-112/h1-53H. The maximum absolute atomic E-state index is 18.9. The summed E-state index contributed by atoms with van der Waals surface area (Å²) in [6.45, 7) is -4.84. The van der Waals surface area contributed by atoms with Crippen molar-refractivity contribution >= 4 is 247 Å². The van der Waals surface area contributed by atoms with Gasteiger partial charge in [-0.1, -0.05) is 103 Å². The number of ether oxygens (including phenoxy) is 1. The predicted octanol–water partition coefficient (Wildman–Crippen LogP) is 27.9. The molecular weight excluding hydrogens is 1950 g/mol. The van der Waals surface area contributed by atoms with E-state index in [4.69, 9.17) is 4.74 Å². The van der Waals surface area contributed by atoms with Crippen molar-refractivity contribution in [1.82, 2.24) is 0 Å². The highest BCUT2D eigenvalue weighted by atomic mass is 32.1. The Bertz CT molecular complexity index is 8760. The fourth-order valence-electron chi connectivity index (χ4n) is 21.8. The Balaban J connectivity index is 0.850. The van der Waals surface area contributed by atoms with E-state index in [2.05, 4.69) is 0 Å².